The van der Waals surface area contributed by atoms with Crippen LogP contribution in [0.2, 0.25) is 11.1 Å². The molecule has 4 rings (SSSR count). The van der Waals surface area contributed by atoms with E-state index in [0.717, 1.165) is 24.4 Å². The molecule has 0 saturated heterocycles. The highest BCUT2D eigenvalue weighted by Gasteiger charge is 2.49. The smallest absolute Gasteiger partial charge is 0.211 e. The van der Waals surface area contributed by atoms with E-state index in [1.807, 2.05) is 19.1 Å². The van der Waals surface area contributed by atoms with Crippen LogP contribution in [0.3, 0.4) is 0 Å². The lowest BCUT2D eigenvalue weighted by molar-refractivity contribution is 0.542. The fraction of sp³-hybridized carbons (Fsp3) is 0.375. The maximum absolute atomic E-state index is 13.3. The molecule has 37 heavy (non-hydrogen) atoms. The second-order valence-electron chi connectivity index (χ2n) is 11.5. The van der Waals surface area contributed by atoms with Crippen molar-refractivity contribution in [3.05, 3.63) is 102 Å². The first-order valence-electron chi connectivity index (χ1n) is 13.5. The number of hydrogen-bond donors (Lipinski definition) is 1. The zero-order valence-electron chi connectivity index (χ0n) is 22.7. The summed E-state index contributed by atoms with van der Waals surface area (Å²) in [6, 6.07) is 30.1. The summed E-state index contributed by atoms with van der Waals surface area (Å²) in [5.41, 5.74) is 2.47. The molecule has 1 unspecified atom stereocenters. The van der Waals surface area contributed by atoms with Gasteiger partial charge in [0.05, 0.1) is 4.90 Å². The third kappa shape index (κ3) is 6.16. The molecular formula is C32H41NO2SSi. The summed E-state index contributed by atoms with van der Waals surface area (Å²) in [6.45, 7) is 9.53. The first-order valence-corrected chi connectivity index (χ1v) is 17.2. The van der Waals surface area contributed by atoms with Gasteiger partial charge in [-0.05, 0) is 61.7 Å². The van der Waals surface area contributed by atoms with Crippen LogP contribution >= 0.6 is 0 Å². The molecule has 0 heterocycles. The maximum Gasteiger partial charge on any atom is 0.240 e. The SMILES string of the molecule is Cc1ccc(S(=O)(=O)NCC(C[Si](c2ccccc2)(c2ccccc2)C(C)(C)C)C2=CCCCC2)cc1. The molecule has 0 aromatic heterocycles. The molecule has 0 aliphatic heterocycles. The van der Waals surface area contributed by atoms with Gasteiger partial charge in [-0.3, -0.25) is 0 Å². The Morgan fingerprint density at radius 2 is 1.41 bits per heavy atom. The van der Waals surface area contributed by atoms with Crippen LogP contribution in [0.15, 0.2) is 101 Å². The van der Waals surface area contributed by atoms with Gasteiger partial charge in [0.2, 0.25) is 10.0 Å². The van der Waals surface area contributed by atoms with Gasteiger partial charge < -0.3 is 0 Å². The predicted octanol–water partition coefficient (Wildman–Crippen LogP) is 6.45. The van der Waals surface area contributed by atoms with E-state index in [0.29, 0.717) is 11.4 Å². The fourth-order valence-electron chi connectivity index (χ4n) is 5.97. The minimum absolute atomic E-state index is 0.0268. The lowest BCUT2D eigenvalue weighted by atomic mass is 9.90. The Hall–Kier alpha value is -2.47. The zero-order valence-corrected chi connectivity index (χ0v) is 24.5. The topological polar surface area (TPSA) is 46.2 Å². The average Bonchev–Trinajstić information content (AvgIpc) is 2.90. The van der Waals surface area contributed by atoms with Gasteiger partial charge in [0, 0.05) is 6.54 Å². The van der Waals surface area contributed by atoms with Crippen LogP contribution in [0.1, 0.15) is 52.0 Å². The van der Waals surface area contributed by atoms with E-state index in [2.05, 4.69) is 92.2 Å². The Kier molecular flexibility index (Phi) is 8.57. The van der Waals surface area contributed by atoms with Crippen molar-refractivity contribution in [1.29, 1.82) is 0 Å². The van der Waals surface area contributed by atoms with Gasteiger partial charge in [-0.25, -0.2) is 13.1 Å². The minimum atomic E-state index is -3.59. The van der Waals surface area contributed by atoms with Gasteiger partial charge in [0.25, 0.3) is 0 Å². The van der Waals surface area contributed by atoms with Crippen LogP contribution in [0.25, 0.3) is 0 Å². The van der Waals surface area contributed by atoms with Gasteiger partial charge in [0.15, 0.2) is 0 Å². The molecule has 3 nitrogen and oxygen atoms in total. The van der Waals surface area contributed by atoms with Crippen molar-refractivity contribution >= 4 is 28.5 Å². The number of nitrogens with one attached hydrogen (secondary N) is 1. The first-order chi connectivity index (χ1) is 17.6. The quantitative estimate of drug-likeness (QED) is 0.255. The van der Waals surface area contributed by atoms with E-state index in [1.165, 1.54) is 28.8 Å². The monoisotopic (exact) mass is 531 g/mol. The van der Waals surface area contributed by atoms with Gasteiger partial charge in [-0.2, -0.15) is 0 Å². The average molecular weight is 532 g/mol. The number of allylic oxidation sites excluding steroid dienone is 1. The summed E-state index contributed by atoms with van der Waals surface area (Å²) in [6.07, 6.45) is 6.91. The van der Waals surface area contributed by atoms with Crippen LogP contribution in [-0.2, 0) is 10.0 Å². The number of hydrogen-bond acceptors (Lipinski definition) is 2. The van der Waals surface area contributed by atoms with Crippen LogP contribution in [0, 0.1) is 12.8 Å². The van der Waals surface area contributed by atoms with Gasteiger partial charge in [-0.1, -0.05) is 121 Å². The highest BCUT2D eigenvalue weighted by molar-refractivity contribution is 7.89. The Balaban J connectivity index is 1.77. The second-order valence-corrected chi connectivity index (χ2v) is 18.1. The molecular weight excluding hydrogens is 491 g/mol. The van der Waals surface area contributed by atoms with E-state index < -0.39 is 18.1 Å². The summed E-state index contributed by atoms with van der Waals surface area (Å²) < 4.78 is 29.7. The van der Waals surface area contributed by atoms with Crippen molar-refractivity contribution < 1.29 is 8.42 Å². The highest BCUT2D eigenvalue weighted by Crippen LogP contribution is 2.42. The molecule has 0 saturated carbocycles. The third-order valence-electron chi connectivity index (χ3n) is 8.07. The second kappa shape index (κ2) is 11.5. The van der Waals surface area contributed by atoms with Crippen LogP contribution in [0.5, 0.6) is 0 Å². The van der Waals surface area contributed by atoms with Crippen molar-refractivity contribution in [2.24, 2.45) is 5.92 Å². The lowest BCUT2D eigenvalue weighted by Crippen LogP contribution is -2.65. The van der Waals surface area contributed by atoms with Gasteiger partial charge >= 0.3 is 0 Å². The van der Waals surface area contributed by atoms with E-state index >= 15 is 0 Å². The molecule has 3 aromatic rings. The summed E-state index contributed by atoms with van der Waals surface area (Å²) in [4.78, 5) is 0.333. The molecule has 0 fully saturated rings. The predicted molar refractivity (Wildman–Crippen MR) is 159 cm³/mol. The Morgan fingerprint density at radius 3 is 1.89 bits per heavy atom. The van der Waals surface area contributed by atoms with E-state index in [9.17, 15) is 8.42 Å². The number of benzene rings is 3. The molecule has 1 atom stereocenters. The summed E-state index contributed by atoms with van der Waals surface area (Å²) in [7, 11) is -5.95. The highest BCUT2D eigenvalue weighted by atomic mass is 32.2. The summed E-state index contributed by atoms with van der Waals surface area (Å²) in [5.74, 6) is 0.145. The van der Waals surface area contributed by atoms with E-state index in [4.69, 9.17) is 0 Å². The largest absolute Gasteiger partial charge is 0.240 e. The van der Waals surface area contributed by atoms with E-state index in [-0.39, 0.29) is 11.0 Å². The summed E-state index contributed by atoms with van der Waals surface area (Å²) in [5, 5.41) is 2.85. The molecule has 1 aliphatic carbocycles. The molecule has 5 heteroatoms. The Morgan fingerprint density at radius 1 is 0.838 bits per heavy atom. The fourth-order valence-corrected chi connectivity index (χ4v) is 12.9. The minimum Gasteiger partial charge on any atom is -0.211 e. The molecule has 1 aliphatic rings. The molecule has 1 N–H and O–H groups in total. The van der Waals surface area contributed by atoms with Crippen LogP contribution in [0.4, 0.5) is 0 Å². The van der Waals surface area contributed by atoms with E-state index in [1.54, 1.807) is 12.1 Å². The Bertz CT molecular complexity index is 1250. The maximum atomic E-state index is 13.3. The third-order valence-corrected chi connectivity index (χ3v) is 15.8. The normalized spacial score (nSPS) is 15.7. The van der Waals surface area contributed by atoms with Crippen molar-refractivity contribution in [3.8, 4) is 0 Å². The molecule has 196 valence electrons. The zero-order chi connectivity index (χ0) is 26.5. The van der Waals surface area contributed by atoms with Crippen molar-refractivity contribution in [1.82, 2.24) is 4.72 Å². The van der Waals surface area contributed by atoms with Crippen LogP contribution in [-0.4, -0.2) is 23.0 Å². The first kappa shape index (κ1) is 27.6. The molecule has 3 aromatic carbocycles. The summed E-state index contributed by atoms with van der Waals surface area (Å²) >= 11 is 0. The molecule has 0 bridgehead atoms. The van der Waals surface area contributed by atoms with Crippen molar-refractivity contribution in [2.75, 3.05) is 6.54 Å². The molecule has 0 spiro atoms. The number of aryl methyl sites for hydroxylation is 1. The number of rotatable bonds is 9. The number of sulfonamides is 1. The molecule has 0 radical (unpaired) electrons. The van der Waals surface area contributed by atoms with Crippen molar-refractivity contribution in [2.45, 2.75) is 69.4 Å². The van der Waals surface area contributed by atoms with Crippen molar-refractivity contribution in [3.63, 3.8) is 0 Å². The Labute approximate surface area is 225 Å². The van der Waals surface area contributed by atoms with Gasteiger partial charge in [0.1, 0.15) is 8.07 Å². The van der Waals surface area contributed by atoms with Gasteiger partial charge in [-0.15, -0.1) is 0 Å². The lowest BCUT2D eigenvalue weighted by Gasteiger charge is -2.46. The molecule has 0 amide bonds. The van der Waals surface area contributed by atoms with Crippen LogP contribution < -0.4 is 15.1 Å². The standard InChI is InChI=1S/C32H41NO2SSi/c1-26-20-22-29(23-21-26)36(34,35)33-24-28(27-14-8-5-9-15-27)25-37(32(2,3)4,30-16-10-6-11-17-30)31-18-12-7-13-19-31/h6-7,10-14,16-23,28,33H,5,8-9,15,24-25H2,1-4H3.